The largest absolute Gasteiger partial charge is 0.454 e. The van der Waals surface area contributed by atoms with Crippen LogP contribution in [0.5, 0.6) is 0 Å². The molecular formula is C29H23BrN2O5. The third kappa shape index (κ3) is 3.70. The van der Waals surface area contributed by atoms with Crippen LogP contribution in [0.1, 0.15) is 41.0 Å². The molecule has 0 aromatic heterocycles. The molecule has 1 aliphatic heterocycles. The lowest BCUT2D eigenvalue weighted by molar-refractivity contribution is -0.159. The van der Waals surface area contributed by atoms with Gasteiger partial charge in [0.05, 0.1) is 11.8 Å². The first-order chi connectivity index (χ1) is 17.9. The summed E-state index contributed by atoms with van der Waals surface area (Å²) in [7, 11) is 0. The molecule has 1 N–H and O–H groups in total. The molecular weight excluding hydrogens is 536 g/mol. The van der Waals surface area contributed by atoms with Crippen molar-refractivity contribution in [3.63, 3.8) is 0 Å². The first-order valence-corrected chi connectivity index (χ1v) is 12.9. The number of likely N-dealkylation sites (tertiary alicyclic amines) is 1. The van der Waals surface area contributed by atoms with E-state index in [0.717, 1.165) is 31.6 Å². The number of carbonyl (C=O) groups excluding carboxylic acids is 4. The summed E-state index contributed by atoms with van der Waals surface area (Å²) in [6, 6.07) is 21.8. The number of anilines is 1. The second kappa shape index (κ2) is 8.95. The van der Waals surface area contributed by atoms with Crippen LogP contribution >= 0.6 is 15.9 Å². The van der Waals surface area contributed by atoms with Gasteiger partial charge < -0.3 is 10.1 Å². The summed E-state index contributed by atoms with van der Waals surface area (Å²) in [6.07, 6.45) is 0. The van der Waals surface area contributed by atoms with Gasteiger partial charge in [-0.15, -0.1) is 0 Å². The number of benzene rings is 3. The Morgan fingerprint density at radius 2 is 1.30 bits per heavy atom. The van der Waals surface area contributed by atoms with Crippen LogP contribution in [0, 0.1) is 11.8 Å². The highest BCUT2D eigenvalue weighted by atomic mass is 79.9. The molecule has 1 heterocycles. The minimum absolute atomic E-state index is 0.247. The van der Waals surface area contributed by atoms with E-state index in [2.05, 4.69) is 21.2 Å². The van der Waals surface area contributed by atoms with Gasteiger partial charge in [0.2, 0.25) is 11.8 Å². The fourth-order valence-corrected chi connectivity index (χ4v) is 6.44. The van der Waals surface area contributed by atoms with Crippen molar-refractivity contribution in [3.05, 3.63) is 99.5 Å². The van der Waals surface area contributed by atoms with Crippen molar-refractivity contribution in [2.24, 2.45) is 11.8 Å². The molecule has 3 atom stereocenters. The third-order valence-electron chi connectivity index (χ3n) is 7.68. The molecule has 3 aromatic carbocycles. The maximum absolute atomic E-state index is 13.7. The fraction of sp³-hybridized carbons (Fsp3) is 0.241. The quantitative estimate of drug-likeness (QED) is 0.374. The summed E-state index contributed by atoms with van der Waals surface area (Å²) >= 11 is 3.33. The van der Waals surface area contributed by atoms with E-state index in [0.29, 0.717) is 5.69 Å². The summed E-state index contributed by atoms with van der Waals surface area (Å²) in [5.74, 6) is -3.67. The van der Waals surface area contributed by atoms with E-state index in [-0.39, 0.29) is 23.7 Å². The minimum Gasteiger partial charge on any atom is -0.454 e. The van der Waals surface area contributed by atoms with Gasteiger partial charge in [-0.2, -0.15) is 0 Å². The Kier molecular flexibility index (Phi) is 5.71. The lowest BCUT2D eigenvalue weighted by Crippen LogP contribution is -2.45. The standard InChI is InChI=1S/C29H23BrN2O5/c1-15(29(36)37-14-22(33)31-17-12-10-16(30)11-13-17)32-27(34)25-23-18-6-2-3-7-19(18)24(26(25)28(32)35)21-9-5-4-8-20(21)23/h2-13,15,23-26H,14H2,1H3,(H,31,33)/t15-,23?,24?,25-,26-/m1/s1. The van der Waals surface area contributed by atoms with Crippen LogP contribution in [0.2, 0.25) is 0 Å². The third-order valence-corrected chi connectivity index (χ3v) is 8.21. The normalized spacial score (nSPS) is 23.7. The molecule has 2 bridgehead atoms. The number of nitrogens with one attached hydrogen (secondary N) is 1. The Labute approximate surface area is 221 Å². The molecule has 1 fully saturated rings. The monoisotopic (exact) mass is 558 g/mol. The maximum atomic E-state index is 13.7. The van der Waals surface area contributed by atoms with Crippen molar-refractivity contribution in [1.29, 1.82) is 0 Å². The number of esters is 1. The van der Waals surface area contributed by atoms with Crippen LogP contribution in [0.25, 0.3) is 0 Å². The molecule has 0 unspecified atom stereocenters. The van der Waals surface area contributed by atoms with Crippen LogP contribution in [-0.4, -0.2) is 41.2 Å². The number of halogens is 1. The van der Waals surface area contributed by atoms with Crippen LogP contribution in [0.4, 0.5) is 5.69 Å². The van der Waals surface area contributed by atoms with E-state index in [1.54, 1.807) is 24.3 Å². The second-order valence-corrected chi connectivity index (χ2v) is 10.6. The number of imide groups is 1. The Morgan fingerprint density at radius 3 is 1.76 bits per heavy atom. The summed E-state index contributed by atoms with van der Waals surface area (Å²) in [5, 5.41) is 2.65. The summed E-state index contributed by atoms with van der Waals surface area (Å²) in [6.45, 7) is 0.953. The Morgan fingerprint density at radius 1 is 0.838 bits per heavy atom. The van der Waals surface area contributed by atoms with Gasteiger partial charge in [0.15, 0.2) is 6.61 Å². The van der Waals surface area contributed by atoms with Gasteiger partial charge in [-0.3, -0.25) is 19.3 Å². The molecule has 3 aliphatic carbocycles. The molecule has 0 radical (unpaired) electrons. The molecule has 186 valence electrons. The van der Waals surface area contributed by atoms with Crippen LogP contribution < -0.4 is 5.32 Å². The van der Waals surface area contributed by atoms with Crippen molar-refractivity contribution in [2.75, 3.05) is 11.9 Å². The average Bonchev–Trinajstić information content (AvgIpc) is 3.18. The predicted octanol–water partition coefficient (Wildman–Crippen LogP) is 4.21. The van der Waals surface area contributed by atoms with Crippen LogP contribution in [-0.2, 0) is 23.9 Å². The average molecular weight is 559 g/mol. The SMILES string of the molecule is C[C@H](C(=O)OCC(=O)Nc1ccc(Br)cc1)N1C(=O)[C@@H]2C3c4ccccc4C(c4ccccc43)[C@H]2C1=O. The van der Waals surface area contributed by atoms with Gasteiger partial charge in [-0.05, 0) is 53.4 Å². The smallest absolute Gasteiger partial charge is 0.329 e. The highest BCUT2D eigenvalue weighted by Crippen LogP contribution is 2.61. The Bertz CT molecular complexity index is 1340. The molecule has 0 saturated carbocycles. The van der Waals surface area contributed by atoms with E-state index in [4.69, 9.17) is 4.74 Å². The van der Waals surface area contributed by atoms with Gasteiger partial charge >= 0.3 is 5.97 Å². The summed E-state index contributed by atoms with van der Waals surface area (Å²) < 4.78 is 6.08. The summed E-state index contributed by atoms with van der Waals surface area (Å²) in [4.78, 5) is 53.7. The summed E-state index contributed by atoms with van der Waals surface area (Å²) in [5.41, 5.74) is 4.82. The predicted molar refractivity (Wildman–Crippen MR) is 139 cm³/mol. The van der Waals surface area contributed by atoms with Gasteiger partial charge in [0.25, 0.3) is 5.91 Å². The van der Waals surface area contributed by atoms with Gasteiger partial charge in [0.1, 0.15) is 6.04 Å². The minimum atomic E-state index is -1.14. The zero-order valence-electron chi connectivity index (χ0n) is 19.9. The van der Waals surface area contributed by atoms with Gasteiger partial charge in [-0.25, -0.2) is 4.79 Å². The van der Waals surface area contributed by atoms with Gasteiger partial charge in [0, 0.05) is 22.0 Å². The van der Waals surface area contributed by atoms with Crippen molar-refractivity contribution in [2.45, 2.75) is 24.8 Å². The molecule has 3 amide bonds. The van der Waals surface area contributed by atoms with Crippen molar-refractivity contribution < 1.29 is 23.9 Å². The highest BCUT2D eigenvalue weighted by Gasteiger charge is 2.62. The molecule has 4 aliphatic rings. The molecule has 37 heavy (non-hydrogen) atoms. The molecule has 7 nitrogen and oxygen atoms in total. The Hall–Kier alpha value is -3.78. The van der Waals surface area contributed by atoms with E-state index < -0.39 is 36.4 Å². The van der Waals surface area contributed by atoms with E-state index >= 15 is 0 Å². The van der Waals surface area contributed by atoms with E-state index in [1.165, 1.54) is 6.92 Å². The van der Waals surface area contributed by atoms with E-state index in [1.807, 2.05) is 48.5 Å². The van der Waals surface area contributed by atoms with Crippen LogP contribution in [0.3, 0.4) is 0 Å². The lowest BCUT2D eigenvalue weighted by atomic mass is 9.55. The lowest BCUT2D eigenvalue weighted by Gasteiger charge is -2.45. The number of nitrogens with zero attached hydrogens (tertiary/aromatic N) is 1. The molecule has 3 aromatic rings. The zero-order chi connectivity index (χ0) is 25.8. The number of carbonyl (C=O) groups is 4. The first-order valence-electron chi connectivity index (χ1n) is 12.1. The maximum Gasteiger partial charge on any atom is 0.329 e. The topological polar surface area (TPSA) is 92.8 Å². The Balaban J connectivity index is 1.21. The fourth-order valence-electron chi connectivity index (χ4n) is 6.18. The number of hydrogen-bond donors (Lipinski definition) is 1. The van der Waals surface area contributed by atoms with Crippen LogP contribution in [0.15, 0.2) is 77.3 Å². The number of amides is 3. The highest BCUT2D eigenvalue weighted by molar-refractivity contribution is 9.10. The van der Waals surface area contributed by atoms with Gasteiger partial charge in [-0.1, -0.05) is 64.5 Å². The number of rotatable bonds is 5. The number of ether oxygens (including phenoxy) is 1. The van der Waals surface area contributed by atoms with Crippen molar-refractivity contribution in [1.82, 2.24) is 4.90 Å². The number of hydrogen-bond acceptors (Lipinski definition) is 5. The molecule has 7 rings (SSSR count). The zero-order valence-corrected chi connectivity index (χ0v) is 21.5. The van der Waals surface area contributed by atoms with Crippen molar-refractivity contribution in [3.8, 4) is 0 Å². The molecule has 0 spiro atoms. The van der Waals surface area contributed by atoms with E-state index in [9.17, 15) is 19.2 Å². The second-order valence-electron chi connectivity index (χ2n) is 9.65. The molecule has 8 heteroatoms. The first kappa shape index (κ1) is 23.6. The molecule has 1 saturated heterocycles. The van der Waals surface area contributed by atoms with Crippen molar-refractivity contribution >= 4 is 45.3 Å².